The molecule has 4 heteroatoms. The van der Waals surface area contributed by atoms with Gasteiger partial charge in [-0.15, -0.1) is 0 Å². The Labute approximate surface area is 107 Å². The lowest BCUT2D eigenvalue weighted by Crippen LogP contribution is -2.64. The largest absolute Gasteiger partial charge is 0.391 e. The topological polar surface area (TPSA) is 26.7 Å². The Morgan fingerprint density at radius 1 is 1.35 bits per heavy atom. The van der Waals surface area contributed by atoms with E-state index in [1.165, 1.54) is 18.7 Å². The molecule has 3 aliphatic rings. The average molecular weight is 252 g/mol. The summed E-state index contributed by atoms with van der Waals surface area (Å²) < 4.78 is 0. The minimum absolute atomic E-state index is 0.169. The van der Waals surface area contributed by atoms with Crippen LogP contribution in [-0.4, -0.2) is 59.8 Å². The van der Waals surface area contributed by atoms with Gasteiger partial charge in [0.25, 0.3) is 0 Å². The minimum atomic E-state index is -0.169. The average Bonchev–Trinajstić information content (AvgIpc) is 2.90. The van der Waals surface area contributed by atoms with Gasteiger partial charge in [-0.05, 0) is 35.2 Å². The molecule has 1 aromatic rings. The summed E-state index contributed by atoms with van der Waals surface area (Å²) in [4.78, 5) is 4.96. The maximum atomic E-state index is 10.3. The molecule has 4 rings (SSSR count). The zero-order valence-corrected chi connectivity index (χ0v) is 10.9. The van der Waals surface area contributed by atoms with Crippen LogP contribution in [0.1, 0.15) is 12.0 Å². The molecule has 2 bridgehead atoms. The molecule has 94 valence electrons. The van der Waals surface area contributed by atoms with Crippen LogP contribution in [0.15, 0.2) is 16.8 Å². The molecule has 3 fully saturated rings. The Morgan fingerprint density at radius 2 is 2.18 bits per heavy atom. The SMILES string of the molecule is OC(CCc1ccsc1)C1CN2CCN1CC2. The molecule has 3 aliphatic heterocycles. The third-order valence-corrected chi connectivity index (χ3v) is 4.81. The van der Waals surface area contributed by atoms with Crippen molar-refractivity contribution in [1.29, 1.82) is 0 Å². The molecular formula is C13H20N2OS. The summed E-state index contributed by atoms with van der Waals surface area (Å²) in [7, 11) is 0. The van der Waals surface area contributed by atoms with E-state index in [0.717, 1.165) is 32.5 Å². The fraction of sp³-hybridized carbons (Fsp3) is 0.692. The summed E-state index contributed by atoms with van der Waals surface area (Å²) in [6.45, 7) is 5.71. The summed E-state index contributed by atoms with van der Waals surface area (Å²) in [5.74, 6) is 0. The molecule has 0 amide bonds. The fourth-order valence-corrected chi connectivity index (χ4v) is 3.67. The molecule has 0 spiro atoms. The third kappa shape index (κ3) is 2.55. The fourth-order valence-electron chi connectivity index (χ4n) is 2.96. The Hall–Kier alpha value is -0.420. The molecule has 17 heavy (non-hydrogen) atoms. The van der Waals surface area contributed by atoms with Gasteiger partial charge in [0.1, 0.15) is 0 Å². The van der Waals surface area contributed by atoms with Gasteiger partial charge in [0.05, 0.1) is 6.10 Å². The Morgan fingerprint density at radius 3 is 2.76 bits per heavy atom. The lowest BCUT2D eigenvalue weighted by molar-refractivity contribution is -0.0478. The molecular weight excluding hydrogens is 232 g/mol. The number of thiophene rings is 1. The van der Waals surface area contributed by atoms with E-state index in [2.05, 4.69) is 26.6 Å². The number of aliphatic hydroxyl groups is 1. The number of aliphatic hydroxyl groups excluding tert-OH is 1. The Balaban J connectivity index is 1.54. The first-order valence-corrected chi connectivity index (χ1v) is 7.43. The second kappa shape index (κ2) is 5.06. The van der Waals surface area contributed by atoms with Gasteiger partial charge >= 0.3 is 0 Å². The molecule has 0 saturated carbocycles. The number of piperazine rings is 3. The van der Waals surface area contributed by atoms with Gasteiger partial charge < -0.3 is 5.11 Å². The number of hydrogen-bond acceptors (Lipinski definition) is 4. The highest BCUT2D eigenvalue weighted by atomic mass is 32.1. The summed E-state index contributed by atoms with van der Waals surface area (Å²) in [5.41, 5.74) is 1.37. The van der Waals surface area contributed by atoms with Crippen molar-refractivity contribution >= 4 is 11.3 Å². The Kier molecular flexibility index (Phi) is 3.47. The highest BCUT2D eigenvalue weighted by Gasteiger charge is 2.35. The number of nitrogens with zero attached hydrogens (tertiary/aromatic N) is 2. The second-order valence-electron chi connectivity index (χ2n) is 5.14. The Bertz CT molecular complexity index is 346. The van der Waals surface area contributed by atoms with Gasteiger partial charge in [-0.1, -0.05) is 0 Å². The molecule has 2 atom stereocenters. The maximum absolute atomic E-state index is 10.3. The summed E-state index contributed by atoms with van der Waals surface area (Å²) in [6, 6.07) is 2.53. The smallest absolute Gasteiger partial charge is 0.0711 e. The minimum Gasteiger partial charge on any atom is -0.391 e. The van der Waals surface area contributed by atoms with Crippen molar-refractivity contribution in [2.45, 2.75) is 25.0 Å². The van der Waals surface area contributed by atoms with Crippen LogP contribution in [-0.2, 0) is 6.42 Å². The predicted octanol–water partition coefficient (Wildman–Crippen LogP) is 1.04. The van der Waals surface area contributed by atoms with Crippen LogP contribution >= 0.6 is 11.3 Å². The summed E-state index contributed by atoms with van der Waals surface area (Å²) in [6.07, 6.45) is 1.73. The van der Waals surface area contributed by atoms with E-state index in [1.54, 1.807) is 11.3 Å². The van der Waals surface area contributed by atoms with Gasteiger partial charge in [0.2, 0.25) is 0 Å². The van der Waals surface area contributed by atoms with Crippen molar-refractivity contribution in [2.24, 2.45) is 0 Å². The zero-order chi connectivity index (χ0) is 11.7. The summed E-state index contributed by atoms with van der Waals surface area (Å²) in [5, 5.41) is 14.6. The van der Waals surface area contributed by atoms with Gasteiger partial charge in [-0.2, -0.15) is 11.3 Å². The van der Waals surface area contributed by atoms with Gasteiger partial charge in [0.15, 0.2) is 0 Å². The van der Waals surface area contributed by atoms with E-state index < -0.39 is 0 Å². The molecule has 4 heterocycles. The van der Waals surface area contributed by atoms with Gasteiger partial charge in [-0.25, -0.2) is 0 Å². The third-order valence-electron chi connectivity index (χ3n) is 4.07. The quantitative estimate of drug-likeness (QED) is 0.867. The maximum Gasteiger partial charge on any atom is 0.0711 e. The molecule has 3 nitrogen and oxygen atoms in total. The van der Waals surface area contributed by atoms with E-state index in [0.29, 0.717) is 6.04 Å². The predicted molar refractivity (Wildman–Crippen MR) is 70.4 cm³/mol. The molecule has 1 aromatic heterocycles. The van der Waals surface area contributed by atoms with Crippen LogP contribution in [0, 0.1) is 0 Å². The number of aryl methyl sites for hydroxylation is 1. The van der Waals surface area contributed by atoms with Crippen molar-refractivity contribution < 1.29 is 5.11 Å². The van der Waals surface area contributed by atoms with Crippen LogP contribution in [0.3, 0.4) is 0 Å². The van der Waals surface area contributed by atoms with Crippen LogP contribution in [0.25, 0.3) is 0 Å². The van der Waals surface area contributed by atoms with Crippen molar-refractivity contribution in [3.8, 4) is 0 Å². The van der Waals surface area contributed by atoms with Gasteiger partial charge in [0, 0.05) is 38.8 Å². The van der Waals surface area contributed by atoms with Crippen LogP contribution < -0.4 is 0 Å². The number of hydrogen-bond donors (Lipinski definition) is 1. The lowest BCUT2D eigenvalue weighted by atomic mass is 9.98. The van der Waals surface area contributed by atoms with E-state index in [1.807, 2.05) is 0 Å². The van der Waals surface area contributed by atoms with Crippen LogP contribution in [0.4, 0.5) is 0 Å². The molecule has 0 aromatic carbocycles. The van der Waals surface area contributed by atoms with Gasteiger partial charge in [-0.3, -0.25) is 9.80 Å². The normalized spacial score (nSPS) is 33.8. The molecule has 0 radical (unpaired) electrons. The van der Waals surface area contributed by atoms with Crippen molar-refractivity contribution in [3.05, 3.63) is 22.4 Å². The van der Waals surface area contributed by atoms with Crippen LogP contribution in [0.5, 0.6) is 0 Å². The van der Waals surface area contributed by atoms with Crippen molar-refractivity contribution in [1.82, 2.24) is 9.80 Å². The molecule has 3 saturated heterocycles. The summed E-state index contributed by atoms with van der Waals surface area (Å²) >= 11 is 1.74. The van der Waals surface area contributed by atoms with Crippen molar-refractivity contribution in [3.63, 3.8) is 0 Å². The highest BCUT2D eigenvalue weighted by molar-refractivity contribution is 7.07. The first-order chi connectivity index (χ1) is 8.33. The van der Waals surface area contributed by atoms with E-state index in [-0.39, 0.29) is 6.10 Å². The molecule has 2 unspecified atom stereocenters. The van der Waals surface area contributed by atoms with E-state index >= 15 is 0 Å². The molecule has 1 N–H and O–H groups in total. The highest BCUT2D eigenvalue weighted by Crippen LogP contribution is 2.21. The number of rotatable bonds is 4. The lowest BCUT2D eigenvalue weighted by Gasteiger charge is -2.49. The first kappa shape index (κ1) is 11.7. The standard InChI is InChI=1S/C13H20N2OS/c16-13(2-1-11-3-8-17-10-11)12-9-14-4-6-15(12)7-5-14/h3,8,10,12-13,16H,1-2,4-7,9H2. The van der Waals surface area contributed by atoms with Crippen LogP contribution in [0.2, 0.25) is 0 Å². The van der Waals surface area contributed by atoms with E-state index in [9.17, 15) is 5.11 Å². The zero-order valence-electron chi connectivity index (χ0n) is 10.1. The number of fused-ring (bicyclic) bond motifs is 3. The van der Waals surface area contributed by atoms with E-state index in [4.69, 9.17) is 0 Å². The second-order valence-corrected chi connectivity index (χ2v) is 5.92. The van der Waals surface area contributed by atoms with Crippen molar-refractivity contribution in [2.75, 3.05) is 32.7 Å². The molecule has 0 aliphatic carbocycles. The first-order valence-electron chi connectivity index (χ1n) is 6.48. The monoisotopic (exact) mass is 252 g/mol.